The summed E-state index contributed by atoms with van der Waals surface area (Å²) in [6.07, 6.45) is 2.14. The largest absolute Gasteiger partial charge is 0.417 e. The number of urea groups is 1. The van der Waals surface area contributed by atoms with Crippen molar-refractivity contribution in [2.24, 2.45) is 5.92 Å². The van der Waals surface area contributed by atoms with Gasteiger partial charge in [0.2, 0.25) is 0 Å². The second kappa shape index (κ2) is 7.80. The number of aromatic nitrogens is 2. The van der Waals surface area contributed by atoms with Gasteiger partial charge in [-0.1, -0.05) is 19.3 Å². The standard InChI is InChI=1S/C21H23F3N6O/c1-2-26-18-15(9-25)20(30-19(31)29-18,12-6-4-3-5-7-12)16-11-28-17-14(16)8-13(10-27-17)21(22,23)24/h8,10-12,26H,2-7H2,1H3,(H,27,28)(H2,29,30,31). The molecule has 4 N–H and O–H groups in total. The summed E-state index contributed by atoms with van der Waals surface area (Å²) in [5, 5.41) is 19.0. The minimum atomic E-state index is -4.56. The second-order valence-corrected chi connectivity index (χ2v) is 7.93. The van der Waals surface area contributed by atoms with E-state index in [1.54, 1.807) is 6.20 Å². The Labute approximate surface area is 177 Å². The predicted molar refractivity (Wildman–Crippen MR) is 107 cm³/mol. The third-order valence-electron chi connectivity index (χ3n) is 6.16. The maximum Gasteiger partial charge on any atom is 0.417 e. The van der Waals surface area contributed by atoms with E-state index in [1.165, 1.54) is 0 Å². The van der Waals surface area contributed by atoms with Crippen LogP contribution in [0.1, 0.15) is 50.2 Å². The quantitative estimate of drug-likeness (QED) is 0.586. The van der Waals surface area contributed by atoms with E-state index in [1.807, 2.05) is 6.92 Å². The van der Waals surface area contributed by atoms with Crippen molar-refractivity contribution >= 4 is 17.1 Å². The van der Waals surface area contributed by atoms with Gasteiger partial charge in [-0.25, -0.2) is 9.78 Å². The summed E-state index contributed by atoms with van der Waals surface area (Å²) in [7, 11) is 0. The molecule has 164 valence electrons. The molecule has 1 atom stereocenters. The van der Waals surface area contributed by atoms with Gasteiger partial charge in [0.15, 0.2) is 0 Å². The number of H-pyrrole nitrogens is 1. The molecule has 2 aromatic heterocycles. The summed E-state index contributed by atoms with van der Waals surface area (Å²) in [5.41, 5.74) is -1.18. The number of halogens is 3. The lowest BCUT2D eigenvalue weighted by Crippen LogP contribution is -2.61. The fourth-order valence-electron chi connectivity index (χ4n) is 4.85. The van der Waals surface area contributed by atoms with E-state index in [0.717, 1.165) is 44.4 Å². The molecule has 3 heterocycles. The minimum absolute atomic E-state index is 0.149. The van der Waals surface area contributed by atoms with Crippen molar-refractivity contribution in [1.29, 1.82) is 5.26 Å². The summed E-state index contributed by atoms with van der Waals surface area (Å²) >= 11 is 0. The first-order chi connectivity index (χ1) is 14.8. The van der Waals surface area contributed by atoms with Gasteiger partial charge < -0.3 is 15.6 Å². The molecule has 2 aromatic rings. The average Bonchev–Trinajstić information content (AvgIpc) is 3.17. The Morgan fingerprint density at radius 1 is 1.32 bits per heavy atom. The SMILES string of the molecule is CCNC1=C(C#N)C(c2c[nH]c3ncc(C(F)(F)F)cc23)(C2CCCCC2)NC(=O)N1. The topological polar surface area (TPSA) is 106 Å². The van der Waals surface area contributed by atoms with Gasteiger partial charge in [0, 0.05) is 29.9 Å². The van der Waals surface area contributed by atoms with Crippen LogP contribution in [0.3, 0.4) is 0 Å². The zero-order valence-electron chi connectivity index (χ0n) is 17.0. The Morgan fingerprint density at radius 3 is 2.71 bits per heavy atom. The van der Waals surface area contributed by atoms with Crippen LogP contribution in [-0.4, -0.2) is 22.5 Å². The number of pyridine rings is 1. The van der Waals surface area contributed by atoms with Gasteiger partial charge in [0.05, 0.1) is 5.56 Å². The van der Waals surface area contributed by atoms with Crippen LogP contribution < -0.4 is 16.0 Å². The molecule has 10 heteroatoms. The molecule has 7 nitrogen and oxygen atoms in total. The molecule has 1 saturated carbocycles. The van der Waals surface area contributed by atoms with Crippen LogP contribution in [0, 0.1) is 17.2 Å². The van der Waals surface area contributed by atoms with E-state index < -0.39 is 23.3 Å². The van der Waals surface area contributed by atoms with E-state index in [0.29, 0.717) is 12.1 Å². The molecule has 0 bridgehead atoms. The van der Waals surface area contributed by atoms with Gasteiger partial charge in [-0.3, -0.25) is 5.32 Å². The van der Waals surface area contributed by atoms with Crippen molar-refractivity contribution in [3.63, 3.8) is 0 Å². The number of aromatic amines is 1. The number of hydrogen-bond donors (Lipinski definition) is 4. The van der Waals surface area contributed by atoms with Crippen LogP contribution in [0.4, 0.5) is 18.0 Å². The molecule has 0 spiro atoms. The molecular formula is C21H23F3N6O. The Bertz CT molecular complexity index is 1080. The van der Waals surface area contributed by atoms with Gasteiger partial charge in [-0.05, 0) is 31.7 Å². The molecule has 1 aliphatic heterocycles. The number of nitrogens with zero attached hydrogens (tertiary/aromatic N) is 2. The molecule has 2 amide bonds. The molecule has 1 aliphatic carbocycles. The van der Waals surface area contributed by atoms with Crippen LogP contribution in [-0.2, 0) is 11.7 Å². The van der Waals surface area contributed by atoms with E-state index in [9.17, 15) is 23.2 Å². The van der Waals surface area contributed by atoms with Crippen LogP contribution in [0.15, 0.2) is 29.9 Å². The van der Waals surface area contributed by atoms with Crippen molar-refractivity contribution in [1.82, 2.24) is 25.9 Å². The number of hydrogen-bond acceptors (Lipinski definition) is 4. The van der Waals surface area contributed by atoms with E-state index in [2.05, 4.69) is 32.0 Å². The van der Waals surface area contributed by atoms with Crippen LogP contribution in [0.5, 0.6) is 0 Å². The summed E-state index contributed by atoms with van der Waals surface area (Å²) in [6.45, 7) is 2.30. The number of alkyl halides is 3. The first kappa shape index (κ1) is 21.0. The van der Waals surface area contributed by atoms with Gasteiger partial charge >= 0.3 is 12.2 Å². The van der Waals surface area contributed by atoms with Crippen LogP contribution in [0.25, 0.3) is 11.0 Å². The fourth-order valence-corrected chi connectivity index (χ4v) is 4.85. The van der Waals surface area contributed by atoms with Crippen molar-refractivity contribution in [2.45, 2.75) is 50.7 Å². The van der Waals surface area contributed by atoms with Crippen LogP contribution in [0.2, 0.25) is 0 Å². The molecule has 4 rings (SSSR count). The average molecular weight is 432 g/mol. The number of nitrogens with one attached hydrogen (secondary N) is 4. The zero-order chi connectivity index (χ0) is 22.2. The number of nitriles is 1. The molecule has 0 saturated heterocycles. The molecule has 0 aromatic carbocycles. The number of carbonyl (C=O) groups is 1. The Morgan fingerprint density at radius 2 is 2.06 bits per heavy atom. The lowest BCUT2D eigenvalue weighted by atomic mass is 9.66. The highest BCUT2D eigenvalue weighted by Crippen LogP contribution is 2.48. The molecule has 1 unspecified atom stereocenters. The molecular weight excluding hydrogens is 409 g/mol. The second-order valence-electron chi connectivity index (χ2n) is 7.93. The molecule has 2 aliphatic rings. The number of carbonyl (C=O) groups excluding carboxylic acids is 1. The minimum Gasteiger partial charge on any atom is -0.371 e. The van der Waals surface area contributed by atoms with Gasteiger partial charge in [-0.2, -0.15) is 18.4 Å². The smallest absolute Gasteiger partial charge is 0.371 e. The Hall–Kier alpha value is -3.22. The van der Waals surface area contributed by atoms with Crippen molar-refractivity contribution in [2.75, 3.05) is 6.54 Å². The lowest BCUT2D eigenvalue weighted by molar-refractivity contribution is -0.137. The van der Waals surface area contributed by atoms with E-state index >= 15 is 0 Å². The maximum absolute atomic E-state index is 13.4. The normalized spacial score (nSPS) is 22.7. The van der Waals surface area contributed by atoms with Crippen molar-refractivity contribution in [3.05, 3.63) is 41.0 Å². The first-order valence-electron chi connectivity index (χ1n) is 10.3. The fraction of sp³-hybridized carbons (Fsp3) is 0.476. The third-order valence-corrected chi connectivity index (χ3v) is 6.16. The number of fused-ring (bicyclic) bond motifs is 1. The lowest BCUT2D eigenvalue weighted by Gasteiger charge is -2.46. The molecule has 1 fully saturated rings. The monoisotopic (exact) mass is 432 g/mol. The number of amides is 2. The Kier molecular flexibility index (Phi) is 5.29. The maximum atomic E-state index is 13.4. The molecule has 0 radical (unpaired) electrons. The summed E-state index contributed by atoms with van der Waals surface area (Å²) in [6, 6.07) is 2.76. The first-order valence-corrected chi connectivity index (χ1v) is 10.3. The zero-order valence-corrected chi connectivity index (χ0v) is 17.0. The summed E-state index contributed by atoms with van der Waals surface area (Å²) in [5.74, 6) is 0.137. The number of rotatable bonds is 4. The van der Waals surface area contributed by atoms with Crippen molar-refractivity contribution < 1.29 is 18.0 Å². The van der Waals surface area contributed by atoms with E-state index in [4.69, 9.17) is 0 Å². The van der Waals surface area contributed by atoms with Crippen molar-refractivity contribution in [3.8, 4) is 6.07 Å². The van der Waals surface area contributed by atoms with E-state index in [-0.39, 0.29) is 28.3 Å². The highest BCUT2D eigenvalue weighted by molar-refractivity contribution is 5.87. The van der Waals surface area contributed by atoms with Gasteiger partial charge in [0.25, 0.3) is 0 Å². The van der Waals surface area contributed by atoms with Gasteiger partial charge in [-0.15, -0.1) is 0 Å². The highest BCUT2D eigenvalue weighted by Gasteiger charge is 2.51. The highest BCUT2D eigenvalue weighted by atomic mass is 19.4. The Balaban J connectivity index is 2.02. The van der Waals surface area contributed by atoms with Crippen LogP contribution >= 0.6 is 0 Å². The summed E-state index contributed by atoms with van der Waals surface area (Å²) < 4.78 is 40.2. The third kappa shape index (κ3) is 3.48. The predicted octanol–water partition coefficient (Wildman–Crippen LogP) is 4.01. The molecule has 31 heavy (non-hydrogen) atoms. The summed E-state index contributed by atoms with van der Waals surface area (Å²) in [4.78, 5) is 19.6. The van der Waals surface area contributed by atoms with Gasteiger partial charge in [0.1, 0.15) is 28.6 Å².